The first-order valence-corrected chi connectivity index (χ1v) is 6.15. The minimum atomic E-state index is 0.139. The zero-order valence-corrected chi connectivity index (χ0v) is 9.97. The number of rotatable bonds is 3. The minimum Gasteiger partial charge on any atom is -0.326 e. The third-order valence-corrected chi connectivity index (χ3v) is 3.06. The van der Waals surface area contributed by atoms with E-state index in [1.807, 2.05) is 42.5 Å². The maximum atomic E-state index is 11.6. The number of nitrogens with zero attached hydrogens (tertiary/aromatic N) is 1. The molecule has 0 spiro atoms. The molecule has 1 heterocycles. The zero-order chi connectivity index (χ0) is 12.4. The van der Waals surface area contributed by atoms with Crippen molar-refractivity contribution in [3.8, 4) is 11.3 Å². The summed E-state index contributed by atoms with van der Waals surface area (Å²) in [6.07, 6.45) is 3.83. The molecule has 1 fully saturated rings. The van der Waals surface area contributed by atoms with Gasteiger partial charge in [-0.2, -0.15) is 0 Å². The lowest BCUT2D eigenvalue weighted by molar-refractivity contribution is -0.117. The van der Waals surface area contributed by atoms with Crippen LogP contribution in [0.2, 0.25) is 0 Å². The molecule has 0 saturated heterocycles. The molecular formula is C15H14N2O. The Morgan fingerprint density at radius 1 is 1.11 bits per heavy atom. The molecule has 3 rings (SSSR count). The topological polar surface area (TPSA) is 42.0 Å². The molecule has 1 amide bonds. The molecule has 0 bridgehead atoms. The molecule has 3 heteroatoms. The molecular weight excluding hydrogens is 224 g/mol. The van der Waals surface area contributed by atoms with Gasteiger partial charge in [0.25, 0.3) is 0 Å². The number of anilines is 1. The van der Waals surface area contributed by atoms with Crippen molar-refractivity contribution in [1.29, 1.82) is 0 Å². The Morgan fingerprint density at radius 3 is 2.50 bits per heavy atom. The number of carbonyl (C=O) groups excluding carboxylic acids is 1. The van der Waals surface area contributed by atoms with E-state index in [4.69, 9.17) is 0 Å². The van der Waals surface area contributed by atoms with Gasteiger partial charge in [-0.3, -0.25) is 9.78 Å². The Hall–Kier alpha value is -2.16. The van der Waals surface area contributed by atoms with Gasteiger partial charge in [-0.15, -0.1) is 0 Å². The number of aromatic nitrogens is 1. The van der Waals surface area contributed by atoms with Crippen molar-refractivity contribution in [3.05, 3.63) is 48.7 Å². The lowest BCUT2D eigenvalue weighted by Crippen LogP contribution is -2.12. The van der Waals surface area contributed by atoms with E-state index >= 15 is 0 Å². The lowest BCUT2D eigenvalue weighted by atomic mass is 10.1. The van der Waals surface area contributed by atoms with Crippen molar-refractivity contribution in [2.45, 2.75) is 12.8 Å². The summed E-state index contributed by atoms with van der Waals surface area (Å²) in [5, 5.41) is 2.92. The summed E-state index contributed by atoms with van der Waals surface area (Å²) in [7, 11) is 0. The number of hydrogen-bond acceptors (Lipinski definition) is 2. The van der Waals surface area contributed by atoms with Crippen LogP contribution in [0, 0.1) is 5.92 Å². The Labute approximate surface area is 106 Å². The molecule has 1 aromatic heterocycles. The predicted octanol–water partition coefficient (Wildman–Crippen LogP) is 3.10. The second-order valence-electron chi connectivity index (χ2n) is 4.56. The normalized spacial score (nSPS) is 14.2. The van der Waals surface area contributed by atoms with Crippen LogP contribution < -0.4 is 5.32 Å². The molecule has 18 heavy (non-hydrogen) atoms. The van der Waals surface area contributed by atoms with Crippen LogP contribution >= 0.6 is 0 Å². The lowest BCUT2D eigenvalue weighted by Gasteiger charge is -2.05. The van der Waals surface area contributed by atoms with E-state index in [1.54, 1.807) is 6.20 Å². The summed E-state index contributed by atoms with van der Waals surface area (Å²) >= 11 is 0. The van der Waals surface area contributed by atoms with Crippen LogP contribution in [-0.2, 0) is 4.79 Å². The Balaban J connectivity index is 1.74. The van der Waals surface area contributed by atoms with Crippen molar-refractivity contribution in [3.63, 3.8) is 0 Å². The second kappa shape index (κ2) is 4.61. The SMILES string of the molecule is O=C(Nc1ccc(-c2ccccn2)cc1)C1CC1. The summed E-state index contributed by atoms with van der Waals surface area (Å²) in [4.78, 5) is 15.9. The van der Waals surface area contributed by atoms with Crippen molar-refractivity contribution < 1.29 is 4.79 Å². The molecule has 1 saturated carbocycles. The molecule has 0 aliphatic heterocycles. The largest absolute Gasteiger partial charge is 0.326 e. The smallest absolute Gasteiger partial charge is 0.227 e. The highest BCUT2D eigenvalue weighted by atomic mass is 16.2. The summed E-state index contributed by atoms with van der Waals surface area (Å²) < 4.78 is 0. The minimum absolute atomic E-state index is 0.139. The molecule has 2 aromatic rings. The van der Waals surface area contributed by atoms with Crippen LogP contribution in [0.3, 0.4) is 0 Å². The average Bonchev–Trinajstić information content (AvgIpc) is 3.25. The van der Waals surface area contributed by atoms with Crippen molar-refractivity contribution in [1.82, 2.24) is 4.98 Å². The molecule has 1 aromatic carbocycles. The van der Waals surface area contributed by atoms with Crippen LogP contribution in [0.1, 0.15) is 12.8 Å². The highest BCUT2D eigenvalue weighted by molar-refractivity contribution is 5.94. The monoisotopic (exact) mass is 238 g/mol. The number of pyridine rings is 1. The Kier molecular flexibility index (Phi) is 2.81. The first kappa shape index (κ1) is 11.0. The third kappa shape index (κ3) is 2.40. The van der Waals surface area contributed by atoms with Gasteiger partial charge in [0, 0.05) is 23.4 Å². The molecule has 0 atom stereocenters. The van der Waals surface area contributed by atoms with Crippen molar-refractivity contribution in [2.75, 3.05) is 5.32 Å². The van der Waals surface area contributed by atoms with Gasteiger partial charge < -0.3 is 5.32 Å². The van der Waals surface area contributed by atoms with Gasteiger partial charge >= 0.3 is 0 Å². The van der Waals surface area contributed by atoms with E-state index in [9.17, 15) is 4.79 Å². The first-order valence-electron chi connectivity index (χ1n) is 6.15. The van der Waals surface area contributed by atoms with Gasteiger partial charge in [-0.25, -0.2) is 0 Å². The Bertz CT molecular complexity index is 544. The van der Waals surface area contributed by atoms with Gasteiger partial charge in [-0.05, 0) is 37.1 Å². The predicted molar refractivity (Wildman–Crippen MR) is 71.0 cm³/mol. The number of hydrogen-bond donors (Lipinski definition) is 1. The summed E-state index contributed by atoms with van der Waals surface area (Å²) in [6, 6.07) is 13.6. The van der Waals surface area contributed by atoms with Crippen molar-refractivity contribution in [2.24, 2.45) is 5.92 Å². The maximum Gasteiger partial charge on any atom is 0.227 e. The van der Waals surface area contributed by atoms with Crippen molar-refractivity contribution >= 4 is 11.6 Å². The Morgan fingerprint density at radius 2 is 1.89 bits per heavy atom. The van der Waals surface area contributed by atoms with Gasteiger partial charge in [0.1, 0.15) is 0 Å². The van der Waals surface area contributed by atoms with E-state index < -0.39 is 0 Å². The summed E-state index contributed by atoms with van der Waals surface area (Å²) in [5.74, 6) is 0.376. The van der Waals surface area contributed by atoms with E-state index in [0.717, 1.165) is 29.8 Å². The van der Waals surface area contributed by atoms with Gasteiger partial charge in [0.15, 0.2) is 0 Å². The fourth-order valence-electron chi connectivity index (χ4n) is 1.85. The fraction of sp³-hybridized carbons (Fsp3) is 0.200. The molecule has 1 aliphatic rings. The number of carbonyl (C=O) groups is 1. The van der Waals surface area contributed by atoms with Gasteiger partial charge in [-0.1, -0.05) is 18.2 Å². The number of amides is 1. The molecule has 1 aliphatic carbocycles. The summed E-state index contributed by atoms with van der Waals surface area (Å²) in [6.45, 7) is 0. The second-order valence-corrected chi connectivity index (χ2v) is 4.56. The average molecular weight is 238 g/mol. The van der Waals surface area contributed by atoms with E-state index in [0.29, 0.717) is 0 Å². The van der Waals surface area contributed by atoms with Crippen LogP contribution in [0.5, 0.6) is 0 Å². The van der Waals surface area contributed by atoms with Gasteiger partial charge in [0.2, 0.25) is 5.91 Å². The molecule has 90 valence electrons. The fourth-order valence-corrected chi connectivity index (χ4v) is 1.85. The van der Waals surface area contributed by atoms with E-state index in [2.05, 4.69) is 10.3 Å². The van der Waals surface area contributed by atoms with Crippen LogP contribution in [0.15, 0.2) is 48.7 Å². The zero-order valence-electron chi connectivity index (χ0n) is 9.97. The standard InChI is InChI=1S/C15H14N2O/c18-15(12-4-5-12)17-13-8-6-11(7-9-13)14-3-1-2-10-16-14/h1-3,6-10,12H,4-5H2,(H,17,18). The quantitative estimate of drug-likeness (QED) is 0.892. The highest BCUT2D eigenvalue weighted by Crippen LogP contribution is 2.30. The van der Waals surface area contributed by atoms with Crippen LogP contribution in [0.4, 0.5) is 5.69 Å². The molecule has 0 radical (unpaired) electrons. The highest BCUT2D eigenvalue weighted by Gasteiger charge is 2.29. The van der Waals surface area contributed by atoms with Crippen LogP contribution in [-0.4, -0.2) is 10.9 Å². The first-order chi connectivity index (χ1) is 8.83. The molecule has 3 nitrogen and oxygen atoms in total. The third-order valence-electron chi connectivity index (χ3n) is 3.06. The van der Waals surface area contributed by atoms with Crippen LogP contribution in [0.25, 0.3) is 11.3 Å². The molecule has 0 unspecified atom stereocenters. The number of nitrogens with one attached hydrogen (secondary N) is 1. The van der Waals surface area contributed by atoms with E-state index in [1.165, 1.54) is 0 Å². The van der Waals surface area contributed by atoms with E-state index in [-0.39, 0.29) is 11.8 Å². The van der Waals surface area contributed by atoms with Gasteiger partial charge in [0.05, 0.1) is 5.69 Å². The number of benzene rings is 1. The molecule has 1 N–H and O–H groups in total. The summed E-state index contributed by atoms with van der Waals surface area (Å²) in [5.41, 5.74) is 2.85. The maximum absolute atomic E-state index is 11.6.